The smallest absolute Gasteiger partial charge is 0.220 e. The first kappa shape index (κ1) is 18.2. The van der Waals surface area contributed by atoms with Gasteiger partial charge in [-0.2, -0.15) is 5.10 Å². The van der Waals surface area contributed by atoms with Gasteiger partial charge in [-0.3, -0.25) is 14.3 Å². The molecule has 2 N–H and O–H groups in total. The monoisotopic (exact) mass is 354 g/mol. The highest BCUT2D eigenvalue weighted by Crippen LogP contribution is 2.29. The number of carbonyl (C=O) groups is 2. The normalized spacial score (nSPS) is 19.3. The highest BCUT2D eigenvalue weighted by molar-refractivity contribution is 5.80. The molecular weight excluding hydrogens is 328 g/mol. The maximum Gasteiger partial charge on any atom is 0.220 e. The lowest BCUT2D eigenvalue weighted by Crippen LogP contribution is -2.44. The molecule has 2 heterocycles. The summed E-state index contributed by atoms with van der Waals surface area (Å²) in [5, 5.41) is 10.2. The van der Waals surface area contributed by atoms with Gasteiger partial charge in [0.15, 0.2) is 0 Å². The molecule has 2 amide bonds. The SMILES string of the molecule is O=C(CCC1(Cc2ccccc2)CCC(=O)N1)NCCCn1cccn1. The van der Waals surface area contributed by atoms with E-state index < -0.39 is 0 Å². The second-order valence-corrected chi connectivity index (χ2v) is 6.96. The van der Waals surface area contributed by atoms with Crippen LogP contribution in [-0.4, -0.2) is 33.7 Å². The van der Waals surface area contributed by atoms with E-state index in [1.54, 1.807) is 6.20 Å². The Hall–Kier alpha value is -2.63. The molecular formula is C20H26N4O2. The summed E-state index contributed by atoms with van der Waals surface area (Å²) >= 11 is 0. The van der Waals surface area contributed by atoms with Crippen molar-refractivity contribution in [2.45, 2.75) is 50.6 Å². The molecule has 6 heteroatoms. The van der Waals surface area contributed by atoms with E-state index in [0.29, 0.717) is 25.8 Å². The third-order valence-corrected chi connectivity index (χ3v) is 4.90. The second-order valence-electron chi connectivity index (χ2n) is 6.96. The number of aromatic nitrogens is 2. The number of hydrogen-bond acceptors (Lipinski definition) is 3. The van der Waals surface area contributed by atoms with Gasteiger partial charge in [0.25, 0.3) is 0 Å². The molecule has 1 aliphatic rings. The number of aryl methyl sites for hydroxylation is 1. The minimum Gasteiger partial charge on any atom is -0.356 e. The molecule has 1 fully saturated rings. The van der Waals surface area contributed by atoms with Crippen LogP contribution in [0.3, 0.4) is 0 Å². The molecule has 2 aromatic rings. The fraction of sp³-hybridized carbons (Fsp3) is 0.450. The van der Waals surface area contributed by atoms with E-state index in [1.165, 1.54) is 5.56 Å². The van der Waals surface area contributed by atoms with Gasteiger partial charge in [0, 0.05) is 43.9 Å². The van der Waals surface area contributed by atoms with E-state index in [0.717, 1.165) is 25.8 Å². The Kier molecular flexibility index (Phi) is 6.04. The highest BCUT2D eigenvalue weighted by atomic mass is 16.2. The van der Waals surface area contributed by atoms with Gasteiger partial charge < -0.3 is 10.6 Å². The fourth-order valence-corrected chi connectivity index (χ4v) is 3.51. The molecule has 6 nitrogen and oxygen atoms in total. The zero-order valence-electron chi connectivity index (χ0n) is 15.0. The van der Waals surface area contributed by atoms with Gasteiger partial charge in [0.05, 0.1) is 0 Å². The molecule has 1 unspecified atom stereocenters. The molecule has 0 spiro atoms. The molecule has 0 radical (unpaired) electrons. The fourth-order valence-electron chi connectivity index (χ4n) is 3.51. The molecule has 1 aromatic carbocycles. The second kappa shape index (κ2) is 8.65. The molecule has 138 valence electrons. The van der Waals surface area contributed by atoms with Gasteiger partial charge in [0.1, 0.15) is 0 Å². The third-order valence-electron chi connectivity index (χ3n) is 4.90. The maximum absolute atomic E-state index is 12.2. The predicted molar refractivity (Wildman–Crippen MR) is 99.3 cm³/mol. The minimum absolute atomic E-state index is 0.0408. The van der Waals surface area contributed by atoms with Gasteiger partial charge in [-0.25, -0.2) is 0 Å². The third kappa shape index (κ3) is 5.18. The van der Waals surface area contributed by atoms with Crippen molar-refractivity contribution < 1.29 is 9.59 Å². The summed E-state index contributed by atoms with van der Waals surface area (Å²) in [6, 6.07) is 12.0. The molecule has 1 aromatic heterocycles. The summed E-state index contributed by atoms with van der Waals surface area (Å²) in [7, 11) is 0. The Morgan fingerprint density at radius 3 is 2.81 bits per heavy atom. The lowest BCUT2D eigenvalue weighted by molar-refractivity contribution is -0.122. The number of hydrogen-bond donors (Lipinski definition) is 2. The Bertz CT molecular complexity index is 715. The predicted octanol–water partition coefficient (Wildman–Crippen LogP) is 2.06. The lowest BCUT2D eigenvalue weighted by atomic mass is 9.85. The summed E-state index contributed by atoms with van der Waals surface area (Å²) in [5.74, 6) is 0.125. The molecule has 1 saturated heterocycles. The standard InChI is InChI=1S/C20H26N4O2/c25-18(21-12-4-14-24-15-5-13-22-24)8-10-20(11-9-19(26)23-20)16-17-6-2-1-3-7-17/h1-3,5-7,13,15H,4,8-12,14,16H2,(H,21,25)(H,23,26). The van der Waals surface area contributed by atoms with E-state index in [1.807, 2.05) is 35.1 Å². The highest BCUT2D eigenvalue weighted by Gasteiger charge is 2.37. The van der Waals surface area contributed by atoms with Gasteiger partial charge in [-0.1, -0.05) is 30.3 Å². The van der Waals surface area contributed by atoms with Crippen molar-refractivity contribution in [3.8, 4) is 0 Å². The van der Waals surface area contributed by atoms with Crippen LogP contribution in [-0.2, 0) is 22.6 Å². The van der Waals surface area contributed by atoms with Gasteiger partial charge in [-0.15, -0.1) is 0 Å². The molecule has 1 atom stereocenters. The first-order valence-corrected chi connectivity index (χ1v) is 9.24. The van der Waals surface area contributed by atoms with Crippen molar-refractivity contribution in [3.63, 3.8) is 0 Å². The van der Waals surface area contributed by atoms with Crippen LogP contribution in [0.15, 0.2) is 48.8 Å². The summed E-state index contributed by atoms with van der Waals surface area (Å²) < 4.78 is 1.86. The largest absolute Gasteiger partial charge is 0.356 e. The summed E-state index contributed by atoms with van der Waals surface area (Å²) in [4.78, 5) is 24.0. The van der Waals surface area contributed by atoms with Crippen molar-refractivity contribution in [1.82, 2.24) is 20.4 Å². The van der Waals surface area contributed by atoms with E-state index in [9.17, 15) is 9.59 Å². The Morgan fingerprint density at radius 1 is 1.27 bits per heavy atom. The molecule has 1 aliphatic heterocycles. The van der Waals surface area contributed by atoms with Crippen molar-refractivity contribution in [2.24, 2.45) is 0 Å². The topological polar surface area (TPSA) is 76.0 Å². The average Bonchev–Trinajstić information content (AvgIpc) is 3.28. The van der Waals surface area contributed by atoms with Crippen molar-refractivity contribution in [2.75, 3.05) is 6.54 Å². The van der Waals surface area contributed by atoms with Crippen LogP contribution >= 0.6 is 0 Å². The lowest BCUT2D eigenvalue weighted by Gasteiger charge is -2.29. The molecule has 3 rings (SSSR count). The van der Waals surface area contributed by atoms with Gasteiger partial charge >= 0.3 is 0 Å². The first-order chi connectivity index (χ1) is 12.7. The number of nitrogens with zero attached hydrogens (tertiary/aromatic N) is 2. The van der Waals surface area contributed by atoms with Crippen LogP contribution in [0, 0.1) is 0 Å². The minimum atomic E-state index is -0.301. The Morgan fingerprint density at radius 2 is 2.12 bits per heavy atom. The quantitative estimate of drug-likeness (QED) is 0.677. The first-order valence-electron chi connectivity index (χ1n) is 9.24. The van der Waals surface area contributed by atoms with Gasteiger partial charge in [0.2, 0.25) is 11.8 Å². The molecule has 26 heavy (non-hydrogen) atoms. The maximum atomic E-state index is 12.2. The Balaban J connectivity index is 1.45. The van der Waals surface area contributed by atoms with Crippen LogP contribution in [0.5, 0.6) is 0 Å². The zero-order chi connectivity index (χ0) is 18.2. The molecule has 0 saturated carbocycles. The van der Waals surface area contributed by atoms with E-state index in [4.69, 9.17) is 0 Å². The summed E-state index contributed by atoms with van der Waals surface area (Å²) in [5.41, 5.74) is 0.888. The number of nitrogens with one attached hydrogen (secondary N) is 2. The van der Waals surface area contributed by atoms with Crippen molar-refractivity contribution in [1.29, 1.82) is 0 Å². The summed E-state index contributed by atoms with van der Waals surface area (Å²) in [6.45, 7) is 1.43. The Labute approximate surface area is 154 Å². The van der Waals surface area contributed by atoms with Crippen LogP contribution in [0.2, 0.25) is 0 Å². The zero-order valence-corrected chi connectivity index (χ0v) is 15.0. The van der Waals surface area contributed by atoms with Crippen molar-refractivity contribution >= 4 is 11.8 Å². The van der Waals surface area contributed by atoms with Crippen LogP contribution < -0.4 is 10.6 Å². The summed E-state index contributed by atoms with van der Waals surface area (Å²) in [6.07, 6.45) is 7.70. The van der Waals surface area contributed by atoms with Crippen LogP contribution in [0.4, 0.5) is 0 Å². The number of benzene rings is 1. The van der Waals surface area contributed by atoms with E-state index in [2.05, 4.69) is 27.9 Å². The van der Waals surface area contributed by atoms with Gasteiger partial charge in [-0.05, 0) is 37.3 Å². The number of rotatable bonds is 9. The molecule has 0 aliphatic carbocycles. The number of amides is 2. The van der Waals surface area contributed by atoms with E-state index in [-0.39, 0.29) is 17.4 Å². The molecule has 0 bridgehead atoms. The van der Waals surface area contributed by atoms with Crippen LogP contribution in [0.1, 0.15) is 37.7 Å². The number of carbonyl (C=O) groups excluding carboxylic acids is 2. The average molecular weight is 354 g/mol. The van der Waals surface area contributed by atoms with Crippen molar-refractivity contribution in [3.05, 3.63) is 54.4 Å². The van der Waals surface area contributed by atoms with Crippen LogP contribution in [0.25, 0.3) is 0 Å². The van der Waals surface area contributed by atoms with E-state index >= 15 is 0 Å².